The summed E-state index contributed by atoms with van der Waals surface area (Å²) in [5.41, 5.74) is 6.44. The predicted molar refractivity (Wildman–Crippen MR) is 83.4 cm³/mol. The van der Waals surface area contributed by atoms with E-state index in [4.69, 9.17) is 22.1 Å². The number of ether oxygens (including phenoxy) is 2. The first kappa shape index (κ1) is 17.2. The first-order valence-electron chi connectivity index (χ1n) is 6.83. The van der Waals surface area contributed by atoms with Gasteiger partial charge in [0, 0.05) is 11.6 Å². The van der Waals surface area contributed by atoms with E-state index in [0.29, 0.717) is 17.1 Å². The van der Waals surface area contributed by atoms with E-state index in [1.165, 1.54) is 18.3 Å². The van der Waals surface area contributed by atoms with E-state index in [1.807, 2.05) is 13.8 Å². The highest BCUT2D eigenvalue weighted by Gasteiger charge is 2.18. The summed E-state index contributed by atoms with van der Waals surface area (Å²) in [6.45, 7) is 2.52. The van der Waals surface area contributed by atoms with Gasteiger partial charge in [0.05, 0.1) is 11.2 Å². The van der Waals surface area contributed by atoms with Crippen molar-refractivity contribution in [2.24, 2.45) is 0 Å². The molecule has 0 aliphatic rings. The Kier molecular flexibility index (Phi) is 5.20. The van der Waals surface area contributed by atoms with Crippen LogP contribution in [0.4, 0.5) is 14.6 Å². The third-order valence-electron chi connectivity index (χ3n) is 3.03. The SMILES string of the molecule is Cc1ncc(Oc2cc(Cl)c(OC(F)F)cc2C(C)C)c(N)n1. The molecule has 0 aliphatic heterocycles. The molecule has 0 atom stereocenters. The van der Waals surface area contributed by atoms with Crippen LogP contribution in [-0.4, -0.2) is 16.6 Å². The molecule has 0 fully saturated rings. The van der Waals surface area contributed by atoms with Crippen LogP contribution in [0.5, 0.6) is 17.2 Å². The Morgan fingerprint density at radius 2 is 1.87 bits per heavy atom. The van der Waals surface area contributed by atoms with Crippen molar-refractivity contribution < 1.29 is 18.3 Å². The summed E-state index contributed by atoms with van der Waals surface area (Å²) < 4.78 is 35.0. The highest BCUT2D eigenvalue weighted by molar-refractivity contribution is 6.32. The summed E-state index contributed by atoms with van der Waals surface area (Å²) in [6, 6.07) is 2.84. The zero-order valence-electron chi connectivity index (χ0n) is 12.8. The molecule has 0 saturated heterocycles. The number of anilines is 1. The van der Waals surface area contributed by atoms with E-state index in [0.717, 1.165) is 0 Å². The Bertz CT molecular complexity index is 711. The number of nitrogens with two attached hydrogens (primary N) is 1. The Balaban J connectivity index is 2.42. The highest BCUT2D eigenvalue weighted by Crippen LogP contribution is 2.39. The van der Waals surface area contributed by atoms with E-state index in [9.17, 15) is 8.78 Å². The van der Waals surface area contributed by atoms with E-state index >= 15 is 0 Å². The summed E-state index contributed by atoms with van der Waals surface area (Å²) in [7, 11) is 0. The molecule has 5 nitrogen and oxygen atoms in total. The number of hydrogen-bond donors (Lipinski definition) is 1. The van der Waals surface area contributed by atoms with Crippen LogP contribution >= 0.6 is 11.6 Å². The Hall–Kier alpha value is -2.15. The summed E-state index contributed by atoms with van der Waals surface area (Å²) >= 11 is 5.98. The van der Waals surface area contributed by atoms with Crippen LogP contribution in [0.1, 0.15) is 31.2 Å². The van der Waals surface area contributed by atoms with Crippen molar-refractivity contribution in [2.45, 2.75) is 33.3 Å². The summed E-state index contributed by atoms with van der Waals surface area (Å²) in [6.07, 6.45) is 1.44. The molecule has 2 N–H and O–H groups in total. The highest BCUT2D eigenvalue weighted by atomic mass is 35.5. The minimum absolute atomic E-state index is 0.0105. The third kappa shape index (κ3) is 4.19. The molecule has 0 amide bonds. The Morgan fingerprint density at radius 3 is 2.43 bits per heavy atom. The molecular formula is C15H16ClF2N3O2. The molecule has 0 aliphatic carbocycles. The van der Waals surface area contributed by atoms with Gasteiger partial charge in [-0.2, -0.15) is 8.78 Å². The maximum absolute atomic E-state index is 12.4. The van der Waals surface area contributed by atoms with Gasteiger partial charge in [0.2, 0.25) is 0 Å². The summed E-state index contributed by atoms with van der Waals surface area (Å²) in [5, 5.41) is 0.0105. The lowest BCUT2D eigenvalue weighted by molar-refractivity contribution is -0.0498. The molecule has 1 aromatic carbocycles. The molecular weight excluding hydrogens is 328 g/mol. The van der Waals surface area contributed by atoms with Crippen molar-refractivity contribution in [3.63, 3.8) is 0 Å². The molecule has 0 bridgehead atoms. The molecule has 0 radical (unpaired) electrons. The number of hydrogen-bond acceptors (Lipinski definition) is 5. The van der Waals surface area contributed by atoms with Gasteiger partial charge in [0.1, 0.15) is 17.3 Å². The van der Waals surface area contributed by atoms with Gasteiger partial charge in [0.25, 0.3) is 0 Å². The summed E-state index contributed by atoms with van der Waals surface area (Å²) in [4.78, 5) is 8.03. The summed E-state index contributed by atoms with van der Waals surface area (Å²) in [5.74, 6) is 1.21. The Labute approximate surface area is 137 Å². The van der Waals surface area contributed by atoms with Crippen LogP contribution in [-0.2, 0) is 0 Å². The van der Waals surface area contributed by atoms with Gasteiger partial charge < -0.3 is 15.2 Å². The number of nitrogen functional groups attached to an aromatic ring is 1. The molecule has 1 heterocycles. The number of rotatable bonds is 5. The van der Waals surface area contributed by atoms with Crippen LogP contribution in [0.3, 0.4) is 0 Å². The first-order valence-corrected chi connectivity index (χ1v) is 7.21. The maximum atomic E-state index is 12.4. The lowest BCUT2D eigenvalue weighted by Crippen LogP contribution is -2.05. The topological polar surface area (TPSA) is 70.3 Å². The number of aromatic nitrogens is 2. The monoisotopic (exact) mass is 343 g/mol. The van der Waals surface area contributed by atoms with Crippen LogP contribution < -0.4 is 15.2 Å². The van der Waals surface area contributed by atoms with Crippen molar-refractivity contribution in [3.8, 4) is 17.2 Å². The van der Waals surface area contributed by atoms with Gasteiger partial charge >= 0.3 is 6.61 Å². The second-order valence-corrected chi connectivity index (χ2v) is 5.53. The van der Waals surface area contributed by atoms with Gasteiger partial charge in [-0.05, 0) is 18.9 Å². The Morgan fingerprint density at radius 1 is 1.17 bits per heavy atom. The largest absolute Gasteiger partial charge is 0.451 e. The zero-order valence-corrected chi connectivity index (χ0v) is 13.6. The molecule has 0 spiro atoms. The molecule has 0 saturated carbocycles. The average molecular weight is 344 g/mol. The van der Waals surface area contributed by atoms with E-state index in [1.54, 1.807) is 6.92 Å². The molecule has 2 rings (SSSR count). The van der Waals surface area contributed by atoms with Crippen LogP contribution in [0, 0.1) is 6.92 Å². The molecule has 8 heteroatoms. The fourth-order valence-corrected chi connectivity index (χ4v) is 2.15. The van der Waals surface area contributed by atoms with Crippen molar-refractivity contribution in [2.75, 3.05) is 5.73 Å². The van der Waals surface area contributed by atoms with E-state index in [2.05, 4.69) is 14.7 Å². The minimum atomic E-state index is -2.96. The van der Waals surface area contributed by atoms with E-state index in [-0.39, 0.29) is 28.3 Å². The zero-order chi connectivity index (χ0) is 17.1. The molecule has 0 unspecified atom stereocenters. The molecule has 23 heavy (non-hydrogen) atoms. The van der Waals surface area contributed by atoms with Crippen molar-refractivity contribution in [3.05, 3.63) is 34.7 Å². The van der Waals surface area contributed by atoms with Gasteiger partial charge in [-0.1, -0.05) is 25.4 Å². The number of nitrogens with zero attached hydrogens (tertiary/aromatic N) is 2. The maximum Gasteiger partial charge on any atom is 0.387 e. The fourth-order valence-electron chi connectivity index (χ4n) is 1.95. The predicted octanol–water partition coefficient (Wildman–Crippen LogP) is 4.54. The van der Waals surface area contributed by atoms with Crippen LogP contribution in [0.15, 0.2) is 18.3 Å². The van der Waals surface area contributed by atoms with Gasteiger partial charge in [-0.3, -0.25) is 0 Å². The van der Waals surface area contributed by atoms with Crippen LogP contribution in [0.25, 0.3) is 0 Å². The second kappa shape index (κ2) is 6.95. The average Bonchev–Trinajstić information content (AvgIpc) is 2.44. The fraction of sp³-hybridized carbons (Fsp3) is 0.333. The quantitative estimate of drug-likeness (QED) is 0.863. The van der Waals surface area contributed by atoms with Crippen molar-refractivity contribution >= 4 is 17.4 Å². The number of aryl methyl sites for hydroxylation is 1. The van der Waals surface area contributed by atoms with Gasteiger partial charge in [-0.25, -0.2) is 9.97 Å². The van der Waals surface area contributed by atoms with Crippen LogP contribution in [0.2, 0.25) is 5.02 Å². The lowest BCUT2D eigenvalue weighted by Gasteiger charge is -2.17. The standard InChI is InChI=1S/C15H16ClF2N3O2/c1-7(2)9-4-12(23-15(17)18)10(16)5-11(9)22-13-6-20-8(3)21-14(13)19/h4-7,15H,1-3H3,(H2,19,20,21). The van der Waals surface area contributed by atoms with Crippen molar-refractivity contribution in [1.82, 2.24) is 9.97 Å². The number of alkyl halides is 2. The van der Waals surface area contributed by atoms with Gasteiger partial charge in [-0.15, -0.1) is 0 Å². The van der Waals surface area contributed by atoms with Gasteiger partial charge in [0.15, 0.2) is 11.6 Å². The third-order valence-corrected chi connectivity index (χ3v) is 3.32. The second-order valence-electron chi connectivity index (χ2n) is 5.12. The smallest absolute Gasteiger partial charge is 0.387 e. The minimum Gasteiger partial charge on any atom is -0.451 e. The first-order chi connectivity index (χ1) is 10.8. The normalized spacial score (nSPS) is 11.1. The molecule has 124 valence electrons. The molecule has 1 aromatic heterocycles. The lowest BCUT2D eigenvalue weighted by atomic mass is 10.0. The number of benzene rings is 1. The molecule has 2 aromatic rings. The number of halogens is 3. The van der Waals surface area contributed by atoms with E-state index < -0.39 is 6.61 Å². The van der Waals surface area contributed by atoms with Crippen molar-refractivity contribution in [1.29, 1.82) is 0 Å².